The van der Waals surface area contributed by atoms with Gasteiger partial charge >= 0.3 is 10.1 Å². The maximum Gasteiger partial charge on any atom is 0.341 e. The molecule has 1 unspecified atom stereocenters. The average molecular weight is 519 g/mol. The van der Waals surface area contributed by atoms with Crippen LogP contribution in [0, 0.1) is 0 Å². The van der Waals surface area contributed by atoms with Gasteiger partial charge in [-0.2, -0.15) is 8.42 Å². The van der Waals surface area contributed by atoms with E-state index in [0.29, 0.717) is 23.9 Å². The van der Waals surface area contributed by atoms with Crippen molar-refractivity contribution < 1.29 is 26.8 Å². The van der Waals surface area contributed by atoms with E-state index >= 15 is 0 Å². The van der Waals surface area contributed by atoms with Crippen LogP contribution in [0.15, 0.2) is 55.3 Å². The van der Waals surface area contributed by atoms with E-state index in [0.717, 1.165) is 35.6 Å². The van der Waals surface area contributed by atoms with Crippen molar-refractivity contribution in [3.05, 3.63) is 88.1 Å². The Balaban J connectivity index is 1.42. The van der Waals surface area contributed by atoms with E-state index < -0.39 is 10.1 Å². The number of aromatic nitrogens is 1. The summed E-state index contributed by atoms with van der Waals surface area (Å²) in [5.41, 5.74) is 4.27. The minimum Gasteiger partial charge on any atom is -0.493 e. The number of hydrogen-bond acceptors (Lipinski definition) is 8. The Bertz CT molecular complexity index is 1650. The van der Waals surface area contributed by atoms with Gasteiger partial charge < -0.3 is 18.4 Å². The lowest BCUT2D eigenvalue weighted by molar-refractivity contribution is 0.159. The molecule has 0 N–H and O–H groups in total. The van der Waals surface area contributed by atoms with Gasteiger partial charge in [-0.25, -0.2) is 0 Å². The molecule has 0 bridgehead atoms. The summed E-state index contributed by atoms with van der Waals surface area (Å²) in [5, 5.41) is 0.662. The molecule has 0 fully saturated rings. The number of pyridine rings is 1. The molecule has 0 radical (unpaired) electrons. The van der Waals surface area contributed by atoms with Crippen LogP contribution in [0.3, 0.4) is 0 Å². The van der Waals surface area contributed by atoms with Crippen molar-refractivity contribution in [3.8, 4) is 23.0 Å². The standard InChI is InChI=1S/C28H26N2O6S/c1-4-26(27-17(2)6-5-10-29-27)37(31,32)36-28-21-15-30-11-9-19-13-24-25(35-16-34-24)14-20(19)22(30)12-18(21)7-8-23(28)33-3/h4-8,10,13-14,22H,1-2,9,11-12,15-16H2,3H3/b27-26-. The topological polar surface area (TPSA) is 87.2 Å². The third-order valence-electron chi connectivity index (χ3n) is 7.19. The van der Waals surface area contributed by atoms with Crippen LogP contribution in [-0.4, -0.2) is 38.7 Å². The van der Waals surface area contributed by atoms with Crippen molar-refractivity contribution in [2.75, 3.05) is 20.4 Å². The minimum atomic E-state index is -4.28. The van der Waals surface area contributed by atoms with Crippen LogP contribution in [-0.2, 0) is 29.5 Å². The number of hydrogen-bond donors (Lipinski definition) is 0. The molecule has 8 nitrogen and oxygen atoms in total. The van der Waals surface area contributed by atoms with Crippen LogP contribution in [0.4, 0.5) is 0 Å². The number of ether oxygens (including phenoxy) is 3. The number of methoxy groups -OCH3 is 1. The first-order valence-electron chi connectivity index (χ1n) is 12.0. The van der Waals surface area contributed by atoms with Crippen molar-refractivity contribution in [3.63, 3.8) is 0 Å². The van der Waals surface area contributed by atoms with E-state index in [1.807, 2.05) is 6.07 Å². The summed E-state index contributed by atoms with van der Waals surface area (Å²) >= 11 is 0. The third-order valence-corrected chi connectivity index (χ3v) is 8.48. The fourth-order valence-corrected chi connectivity index (χ4v) is 6.50. The van der Waals surface area contributed by atoms with Gasteiger partial charge in [0.05, 0.1) is 12.5 Å². The Morgan fingerprint density at radius 3 is 2.76 bits per heavy atom. The highest BCUT2D eigenvalue weighted by atomic mass is 32.2. The third kappa shape index (κ3) is 3.95. The first-order chi connectivity index (χ1) is 17.9. The summed E-state index contributed by atoms with van der Waals surface area (Å²) < 4.78 is 49.5. The first-order valence-corrected chi connectivity index (χ1v) is 13.4. The van der Waals surface area contributed by atoms with E-state index in [-0.39, 0.29) is 28.8 Å². The van der Waals surface area contributed by atoms with Gasteiger partial charge in [0.2, 0.25) is 6.79 Å². The summed E-state index contributed by atoms with van der Waals surface area (Å²) in [6.45, 7) is 9.17. The quantitative estimate of drug-likeness (QED) is 0.477. The zero-order chi connectivity index (χ0) is 25.7. The molecular formula is C28H26N2O6S. The van der Waals surface area contributed by atoms with Gasteiger partial charge in [0, 0.05) is 30.9 Å². The van der Waals surface area contributed by atoms with Crippen LogP contribution in [0.2, 0.25) is 0 Å². The van der Waals surface area contributed by atoms with E-state index in [1.165, 1.54) is 30.5 Å². The average Bonchev–Trinajstić information content (AvgIpc) is 3.35. The van der Waals surface area contributed by atoms with Gasteiger partial charge in [0.15, 0.2) is 23.0 Å². The van der Waals surface area contributed by atoms with Crippen LogP contribution in [0.5, 0.6) is 23.0 Å². The van der Waals surface area contributed by atoms with E-state index in [1.54, 1.807) is 18.2 Å². The maximum atomic E-state index is 13.5. The normalized spacial score (nSPS) is 18.8. The number of fused-ring (bicyclic) bond motifs is 5. The van der Waals surface area contributed by atoms with Crippen molar-refractivity contribution in [2.45, 2.75) is 25.4 Å². The Morgan fingerprint density at radius 2 is 2.00 bits per heavy atom. The highest BCUT2D eigenvalue weighted by molar-refractivity contribution is 7.96. The second-order valence-corrected chi connectivity index (χ2v) is 10.7. The largest absolute Gasteiger partial charge is 0.493 e. The Hall–Kier alpha value is -3.82. The molecule has 37 heavy (non-hydrogen) atoms. The minimum absolute atomic E-state index is 0.140. The fourth-order valence-electron chi connectivity index (χ4n) is 5.38. The predicted octanol–water partition coefficient (Wildman–Crippen LogP) is 2.59. The first kappa shape index (κ1) is 23.6. The van der Waals surface area contributed by atoms with Gasteiger partial charge in [-0.15, -0.1) is 0 Å². The molecule has 2 aromatic carbocycles. The molecule has 3 aromatic rings. The molecule has 9 heteroatoms. The fraction of sp³-hybridized carbons (Fsp3) is 0.250. The Morgan fingerprint density at radius 1 is 1.19 bits per heavy atom. The van der Waals surface area contributed by atoms with Gasteiger partial charge in [-0.1, -0.05) is 25.3 Å². The molecule has 3 aliphatic heterocycles. The van der Waals surface area contributed by atoms with Crippen LogP contribution >= 0.6 is 0 Å². The van der Waals surface area contributed by atoms with Crippen molar-refractivity contribution >= 4 is 21.6 Å². The number of rotatable bonds is 5. The second-order valence-electron chi connectivity index (χ2n) is 9.20. The van der Waals surface area contributed by atoms with Gasteiger partial charge in [-0.3, -0.25) is 9.88 Å². The summed E-state index contributed by atoms with van der Waals surface area (Å²) in [6.07, 6.45) is 4.30. The lowest BCUT2D eigenvalue weighted by Crippen LogP contribution is -2.39. The molecule has 3 aliphatic rings. The molecular weight excluding hydrogens is 492 g/mol. The van der Waals surface area contributed by atoms with Crippen molar-refractivity contribution in [1.29, 1.82) is 0 Å². The molecule has 0 aliphatic carbocycles. The summed E-state index contributed by atoms with van der Waals surface area (Å²) in [5.74, 6) is 2.10. The van der Waals surface area contributed by atoms with Gasteiger partial charge in [0.25, 0.3) is 0 Å². The van der Waals surface area contributed by atoms with Crippen molar-refractivity contribution in [2.24, 2.45) is 0 Å². The summed E-state index contributed by atoms with van der Waals surface area (Å²) in [6, 6.07) is 11.4. The van der Waals surface area contributed by atoms with Gasteiger partial charge in [0.1, 0.15) is 4.91 Å². The molecule has 0 saturated carbocycles. The van der Waals surface area contributed by atoms with Crippen LogP contribution in [0.1, 0.15) is 28.3 Å². The maximum absolute atomic E-state index is 13.5. The summed E-state index contributed by atoms with van der Waals surface area (Å²) in [4.78, 5) is 6.40. The molecule has 1 aromatic heterocycles. The molecule has 0 saturated heterocycles. The Kier molecular flexibility index (Phi) is 5.69. The van der Waals surface area contributed by atoms with E-state index in [4.69, 9.17) is 18.4 Å². The molecule has 6 rings (SSSR count). The molecule has 4 heterocycles. The smallest absolute Gasteiger partial charge is 0.341 e. The van der Waals surface area contributed by atoms with Gasteiger partial charge in [-0.05, 0) is 65.1 Å². The zero-order valence-electron chi connectivity index (χ0n) is 20.4. The second kappa shape index (κ2) is 8.93. The monoisotopic (exact) mass is 518 g/mol. The van der Waals surface area contributed by atoms with E-state index in [2.05, 4.69) is 35.2 Å². The molecule has 190 valence electrons. The number of benzene rings is 2. The highest BCUT2D eigenvalue weighted by Crippen LogP contribution is 2.47. The molecule has 0 amide bonds. The van der Waals surface area contributed by atoms with E-state index in [9.17, 15) is 8.42 Å². The molecule has 0 spiro atoms. The highest BCUT2D eigenvalue weighted by Gasteiger charge is 2.36. The SMILES string of the molecule is C=C/C(=c1/ncccc1=C)S(=O)(=O)Oc1c(OC)ccc2c1CN1CCc3cc4c(cc3C1C2)OCO4. The van der Waals surface area contributed by atoms with Crippen LogP contribution in [0.25, 0.3) is 11.5 Å². The molecule has 1 atom stereocenters. The lowest BCUT2D eigenvalue weighted by atomic mass is 9.83. The predicted molar refractivity (Wildman–Crippen MR) is 138 cm³/mol. The lowest BCUT2D eigenvalue weighted by Gasteiger charge is -2.42. The Labute approximate surface area is 215 Å². The van der Waals surface area contributed by atoms with Crippen molar-refractivity contribution in [1.82, 2.24) is 9.88 Å². The summed E-state index contributed by atoms with van der Waals surface area (Å²) in [7, 11) is -2.79. The van der Waals surface area contributed by atoms with Crippen LogP contribution < -0.4 is 29.0 Å². The zero-order valence-corrected chi connectivity index (χ0v) is 21.2. The number of nitrogens with zero attached hydrogens (tertiary/aromatic N) is 2.